The maximum Gasteiger partial charge on any atom is 0.260 e. The van der Waals surface area contributed by atoms with Gasteiger partial charge in [0.25, 0.3) is 11.5 Å². The summed E-state index contributed by atoms with van der Waals surface area (Å²) in [6.07, 6.45) is 3.14. The van der Waals surface area contributed by atoms with Crippen molar-refractivity contribution in [2.45, 2.75) is 0 Å². The van der Waals surface area contributed by atoms with E-state index in [4.69, 9.17) is 5.73 Å². The molecule has 3 aromatic rings. The molecular weight excluding hydrogens is 256 g/mol. The Balaban J connectivity index is 2.18. The van der Waals surface area contributed by atoms with Crippen LogP contribution >= 0.6 is 0 Å². The second-order valence-corrected chi connectivity index (χ2v) is 4.25. The molecule has 0 bridgehead atoms. The zero-order valence-corrected chi connectivity index (χ0v) is 10.3. The van der Waals surface area contributed by atoms with Crippen molar-refractivity contribution in [1.82, 2.24) is 15.0 Å². The van der Waals surface area contributed by atoms with Gasteiger partial charge in [-0.3, -0.25) is 9.59 Å². The van der Waals surface area contributed by atoms with Gasteiger partial charge < -0.3 is 10.7 Å². The second-order valence-electron chi connectivity index (χ2n) is 4.25. The summed E-state index contributed by atoms with van der Waals surface area (Å²) in [4.78, 5) is 33.7. The summed E-state index contributed by atoms with van der Waals surface area (Å²) in [6.45, 7) is 0. The molecule has 6 nitrogen and oxygen atoms in total. The van der Waals surface area contributed by atoms with Crippen molar-refractivity contribution in [2.75, 3.05) is 0 Å². The summed E-state index contributed by atoms with van der Waals surface area (Å²) in [6, 6.07) is 8.94. The Bertz CT molecular complexity index is 870. The lowest BCUT2D eigenvalue weighted by molar-refractivity contribution is 0.0999. The molecule has 98 valence electrons. The Labute approximate surface area is 113 Å². The van der Waals surface area contributed by atoms with E-state index >= 15 is 0 Å². The number of H-pyrrole nitrogens is 1. The molecule has 0 aliphatic carbocycles. The van der Waals surface area contributed by atoms with E-state index in [2.05, 4.69) is 15.0 Å². The molecule has 0 unspecified atom stereocenters. The quantitative estimate of drug-likeness (QED) is 0.724. The number of pyridine rings is 1. The van der Waals surface area contributed by atoms with Gasteiger partial charge in [0.2, 0.25) is 0 Å². The average molecular weight is 266 g/mol. The Kier molecular flexibility index (Phi) is 2.76. The molecule has 0 radical (unpaired) electrons. The van der Waals surface area contributed by atoms with E-state index in [-0.39, 0.29) is 5.56 Å². The summed E-state index contributed by atoms with van der Waals surface area (Å²) in [5, 5.41) is 0.913. The van der Waals surface area contributed by atoms with Crippen LogP contribution in [0.2, 0.25) is 0 Å². The number of amides is 1. The third kappa shape index (κ3) is 2.03. The molecule has 1 amide bonds. The van der Waals surface area contributed by atoms with Crippen LogP contribution in [0.3, 0.4) is 0 Å². The average Bonchev–Trinajstić information content (AvgIpc) is 2.47. The Hall–Kier alpha value is -3.02. The number of nitrogens with zero attached hydrogens (tertiary/aromatic N) is 2. The number of rotatable bonds is 2. The number of aromatic amines is 1. The number of nitrogens with one attached hydrogen (secondary N) is 1. The summed E-state index contributed by atoms with van der Waals surface area (Å²) in [5.74, 6) is -0.365. The van der Waals surface area contributed by atoms with E-state index in [1.807, 2.05) is 24.3 Å². The van der Waals surface area contributed by atoms with Gasteiger partial charge in [-0.05, 0) is 12.1 Å². The smallest absolute Gasteiger partial charge is 0.260 e. The van der Waals surface area contributed by atoms with E-state index in [1.165, 1.54) is 12.3 Å². The first kappa shape index (κ1) is 12.0. The number of benzene rings is 1. The van der Waals surface area contributed by atoms with E-state index in [9.17, 15) is 9.59 Å². The number of fused-ring (bicyclic) bond motifs is 1. The van der Waals surface area contributed by atoms with Crippen molar-refractivity contribution in [3.63, 3.8) is 0 Å². The number of hydrogen-bond acceptors (Lipinski definition) is 4. The van der Waals surface area contributed by atoms with E-state index in [0.717, 1.165) is 10.9 Å². The fraction of sp³-hybridized carbons (Fsp3) is 0. The zero-order valence-electron chi connectivity index (χ0n) is 10.3. The Morgan fingerprint density at radius 2 is 2.05 bits per heavy atom. The number of primary amides is 1. The molecule has 1 aromatic carbocycles. The highest BCUT2D eigenvalue weighted by Gasteiger charge is 2.10. The minimum absolute atomic E-state index is 0.112. The standard InChI is InChI=1S/C14H10N4O2/c15-12(19)10-5-9(7-17-14(10)20)13-16-6-8-3-1-2-4-11(8)18-13/h1-7H,(H2,15,19)(H,17,20). The molecular formula is C14H10N4O2. The first-order valence-electron chi connectivity index (χ1n) is 5.90. The molecule has 0 saturated heterocycles. The molecule has 0 fully saturated rings. The highest BCUT2D eigenvalue weighted by Crippen LogP contribution is 2.17. The van der Waals surface area contributed by atoms with Crippen LogP contribution in [0, 0.1) is 0 Å². The number of hydrogen-bond donors (Lipinski definition) is 2. The molecule has 3 rings (SSSR count). The predicted molar refractivity (Wildman–Crippen MR) is 74.1 cm³/mol. The molecule has 0 aliphatic rings. The van der Waals surface area contributed by atoms with Crippen molar-refractivity contribution in [2.24, 2.45) is 5.73 Å². The highest BCUT2D eigenvalue weighted by atomic mass is 16.2. The van der Waals surface area contributed by atoms with Gasteiger partial charge in [-0.25, -0.2) is 9.97 Å². The van der Waals surface area contributed by atoms with Crippen LogP contribution in [0.1, 0.15) is 10.4 Å². The zero-order chi connectivity index (χ0) is 14.1. The lowest BCUT2D eigenvalue weighted by Crippen LogP contribution is -2.23. The summed E-state index contributed by atoms with van der Waals surface area (Å²) in [7, 11) is 0. The van der Waals surface area contributed by atoms with Crippen molar-refractivity contribution in [1.29, 1.82) is 0 Å². The van der Waals surface area contributed by atoms with Crippen molar-refractivity contribution < 1.29 is 4.79 Å². The van der Waals surface area contributed by atoms with Crippen LogP contribution in [-0.4, -0.2) is 20.9 Å². The minimum atomic E-state index is -0.783. The van der Waals surface area contributed by atoms with Gasteiger partial charge in [0.05, 0.1) is 5.52 Å². The van der Waals surface area contributed by atoms with Gasteiger partial charge in [-0.2, -0.15) is 0 Å². The minimum Gasteiger partial charge on any atom is -0.365 e. The van der Waals surface area contributed by atoms with Gasteiger partial charge in [-0.1, -0.05) is 18.2 Å². The molecule has 0 saturated carbocycles. The third-order valence-corrected chi connectivity index (χ3v) is 2.92. The van der Waals surface area contributed by atoms with Gasteiger partial charge >= 0.3 is 0 Å². The van der Waals surface area contributed by atoms with E-state index in [0.29, 0.717) is 11.4 Å². The van der Waals surface area contributed by atoms with Crippen molar-refractivity contribution >= 4 is 16.8 Å². The van der Waals surface area contributed by atoms with Crippen molar-refractivity contribution in [3.8, 4) is 11.4 Å². The maximum atomic E-state index is 11.5. The Morgan fingerprint density at radius 3 is 2.85 bits per heavy atom. The maximum absolute atomic E-state index is 11.5. The normalized spacial score (nSPS) is 10.6. The summed E-state index contributed by atoms with van der Waals surface area (Å²) in [5.41, 5.74) is 5.83. The molecule has 0 spiro atoms. The van der Waals surface area contributed by atoms with Gasteiger partial charge in [0.15, 0.2) is 5.82 Å². The molecule has 20 heavy (non-hydrogen) atoms. The van der Waals surface area contributed by atoms with Crippen LogP contribution in [0.4, 0.5) is 0 Å². The first-order chi connectivity index (χ1) is 9.65. The number of para-hydroxylation sites is 1. The Morgan fingerprint density at radius 1 is 1.25 bits per heavy atom. The summed E-state index contributed by atoms with van der Waals surface area (Å²) >= 11 is 0. The molecule has 3 N–H and O–H groups in total. The predicted octanol–water partition coefficient (Wildman–Crippen LogP) is 1.08. The number of carbonyl (C=O) groups excluding carboxylic acids is 1. The van der Waals surface area contributed by atoms with E-state index < -0.39 is 11.5 Å². The number of nitrogens with two attached hydrogens (primary N) is 1. The van der Waals surface area contributed by atoms with Crippen LogP contribution in [0.15, 0.2) is 47.5 Å². The second kappa shape index (κ2) is 4.58. The fourth-order valence-corrected chi connectivity index (χ4v) is 1.91. The monoisotopic (exact) mass is 266 g/mol. The van der Waals surface area contributed by atoms with Crippen LogP contribution < -0.4 is 11.3 Å². The first-order valence-corrected chi connectivity index (χ1v) is 5.90. The molecule has 0 atom stereocenters. The molecule has 0 aliphatic heterocycles. The SMILES string of the molecule is NC(=O)c1cc(-c2ncc3ccccc3n2)c[nH]c1=O. The fourth-order valence-electron chi connectivity index (χ4n) is 1.91. The van der Waals surface area contributed by atoms with Crippen LogP contribution in [0.25, 0.3) is 22.3 Å². The topological polar surface area (TPSA) is 102 Å². The van der Waals surface area contributed by atoms with Crippen LogP contribution in [-0.2, 0) is 0 Å². The van der Waals surface area contributed by atoms with Gasteiger partial charge in [-0.15, -0.1) is 0 Å². The largest absolute Gasteiger partial charge is 0.365 e. The molecule has 6 heteroatoms. The van der Waals surface area contributed by atoms with E-state index in [1.54, 1.807) is 6.20 Å². The number of aromatic nitrogens is 3. The van der Waals surface area contributed by atoms with Crippen LogP contribution in [0.5, 0.6) is 0 Å². The lowest BCUT2D eigenvalue weighted by Gasteiger charge is -2.03. The number of carbonyl (C=O) groups is 1. The van der Waals surface area contributed by atoms with Gasteiger partial charge in [0.1, 0.15) is 5.56 Å². The molecule has 2 aromatic heterocycles. The van der Waals surface area contributed by atoms with Gasteiger partial charge in [0, 0.05) is 23.3 Å². The molecule has 2 heterocycles. The summed E-state index contributed by atoms with van der Waals surface area (Å²) < 4.78 is 0. The van der Waals surface area contributed by atoms with Crippen molar-refractivity contribution in [3.05, 3.63) is 58.6 Å². The highest BCUT2D eigenvalue weighted by molar-refractivity contribution is 5.93. The lowest BCUT2D eigenvalue weighted by atomic mass is 10.1. The third-order valence-electron chi connectivity index (χ3n) is 2.92.